The lowest BCUT2D eigenvalue weighted by molar-refractivity contribution is -0.132. The summed E-state index contributed by atoms with van der Waals surface area (Å²) in [7, 11) is 0. The Bertz CT molecular complexity index is 1040. The van der Waals surface area contributed by atoms with E-state index in [9.17, 15) is 19.5 Å². The fourth-order valence-corrected chi connectivity index (χ4v) is 4.12. The summed E-state index contributed by atoms with van der Waals surface area (Å²) in [6.07, 6.45) is 1.92. The number of Topliss-reactive ketones (excluding diaryl/α,β-unsaturated/α-hetero) is 1. The van der Waals surface area contributed by atoms with Gasteiger partial charge in [0.2, 0.25) is 18.6 Å². The molecule has 2 aliphatic rings. The molecule has 168 valence electrons. The second-order valence-electron chi connectivity index (χ2n) is 8.19. The molecule has 4 rings (SSSR count). The summed E-state index contributed by atoms with van der Waals surface area (Å²) in [4.78, 5) is 39.0. The summed E-state index contributed by atoms with van der Waals surface area (Å²) in [5.74, 6) is 0.900. The Hall–Kier alpha value is -3.55. The molecule has 0 aliphatic carbocycles. The molecule has 2 aromatic rings. The number of amides is 2. The molecule has 32 heavy (non-hydrogen) atoms. The maximum absolute atomic E-state index is 12.6. The van der Waals surface area contributed by atoms with Gasteiger partial charge in [-0.15, -0.1) is 0 Å². The van der Waals surface area contributed by atoms with E-state index in [0.717, 1.165) is 12.8 Å². The molecule has 2 heterocycles. The minimum absolute atomic E-state index is 0.0270. The maximum atomic E-state index is 12.6. The van der Waals surface area contributed by atoms with Crippen LogP contribution < -0.4 is 14.8 Å². The number of para-hydroxylation sites is 1. The minimum atomic E-state index is -0.176. The zero-order valence-corrected chi connectivity index (χ0v) is 17.9. The highest BCUT2D eigenvalue weighted by molar-refractivity contribution is 6.04. The third-order valence-corrected chi connectivity index (χ3v) is 5.94. The van der Waals surface area contributed by atoms with Crippen molar-refractivity contribution < 1.29 is 29.0 Å². The zero-order valence-electron chi connectivity index (χ0n) is 17.9. The molecule has 1 fully saturated rings. The van der Waals surface area contributed by atoms with Crippen LogP contribution in [0.4, 0.5) is 5.69 Å². The molecule has 2 amide bonds. The van der Waals surface area contributed by atoms with E-state index in [2.05, 4.69) is 5.32 Å². The molecule has 2 aromatic carbocycles. The average molecular weight is 438 g/mol. The van der Waals surface area contributed by atoms with Crippen molar-refractivity contribution in [3.63, 3.8) is 0 Å². The van der Waals surface area contributed by atoms with E-state index < -0.39 is 0 Å². The summed E-state index contributed by atoms with van der Waals surface area (Å²) in [5, 5.41) is 12.7. The van der Waals surface area contributed by atoms with Gasteiger partial charge in [-0.05, 0) is 37.8 Å². The lowest BCUT2D eigenvalue weighted by Crippen LogP contribution is -2.40. The van der Waals surface area contributed by atoms with Crippen LogP contribution in [0.2, 0.25) is 0 Å². The van der Waals surface area contributed by atoms with Gasteiger partial charge in [0, 0.05) is 36.7 Å². The van der Waals surface area contributed by atoms with E-state index in [0.29, 0.717) is 47.8 Å². The molecule has 8 heteroatoms. The fourth-order valence-electron chi connectivity index (χ4n) is 4.12. The number of ketones is 1. The van der Waals surface area contributed by atoms with Gasteiger partial charge in [-0.25, -0.2) is 0 Å². The molecule has 0 aromatic heterocycles. The molecule has 0 bridgehead atoms. The van der Waals surface area contributed by atoms with Crippen LogP contribution in [0.5, 0.6) is 17.2 Å². The third-order valence-electron chi connectivity index (χ3n) is 5.94. The molecular weight excluding hydrogens is 412 g/mol. The van der Waals surface area contributed by atoms with Gasteiger partial charge in [0.25, 0.3) is 0 Å². The Morgan fingerprint density at radius 3 is 2.47 bits per heavy atom. The number of rotatable bonds is 6. The quantitative estimate of drug-likeness (QED) is 0.672. The van der Waals surface area contributed by atoms with Crippen molar-refractivity contribution in [3.8, 4) is 17.2 Å². The number of aromatic hydroxyl groups is 1. The first kappa shape index (κ1) is 21.7. The molecule has 2 aliphatic heterocycles. The van der Waals surface area contributed by atoms with Crippen LogP contribution >= 0.6 is 0 Å². The number of benzene rings is 2. The predicted molar refractivity (Wildman–Crippen MR) is 117 cm³/mol. The first-order valence-corrected chi connectivity index (χ1v) is 10.7. The van der Waals surface area contributed by atoms with E-state index in [1.54, 1.807) is 41.3 Å². The highest BCUT2D eigenvalue weighted by atomic mass is 16.7. The third kappa shape index (κ3) is 4.85. The van der Waals surface area contributed by atoms with Crippen molar-refractivity contribution in [2.45, 2.75) is 32.6 Å². The second-order valence-corrected chi connectivity index (χ2v) is 8.19. The van der Waals surface area contributed by atoms with Crippen molar-refractivity contribution in [2.24, 2.45) is 5.92 Å². The van der Waals surface area contributed by atoms with Crippen LogP contribution in [-0.4, -0.2) is 47.5 Å². The van der Waals surface area contributed by atoms with Crippen molar-refractivity contribution >= 4 is 23.3 Å². The summed E-state index contributed by atoms with van der Waals surface area (Å²) >= 11 is 0. The standard InChI is InChI=1S/C24H26N2O6/c1-15(27)18-12-21-22(32-14-31-21)13-19(18)25-23(29)10-16-6-8-26(9-7-16)24(30)11-17-4-2-3-5-20(17)28/h2-5,12-13,16,28H,6-11,14H2,1H3,(H,25,29). The van der Waals surface area contributed by atoms with Crippen LogP contribution in [0.25, 0.3) is 0 Å². The van der Waals surface area contributed by atoms with Gasteiger partial charge in [-0.1, -0.05) is 18.2 Å². The largest absolute Gasteiger partial charge is 0.508 e. The van der Waals surface area contributed by atoms with Gasteiger partial charge in [-0.3, -0.25) is 14.4 Å². The molecule has 0 saturated carbocycles. The van der Waals surface area contributed by atoms with Gasteiger partial charge in [0.1, 0.15) is 5.75 Å². The number of carbonyl (C=O) groups excluding carboxylic acids is 3. The van der Waals surface area contributed by atoms with Crippen LogP contribution in [-0.2, 0) is 16.0 Å². The van der Waals surface area contributed by atoms with Crippen molar-refractivity contribution in [2.75, 3.05) is 25.2 Å². The number of piperidine rings is 1. The smallest absolute Gasteiger partial charge is 0.231 e. The number of likely N-dealkylation sites (tertiary alicyclic amines) is 1. The first-order valence-electron chi connectivity index (χ1n) is 10.7. The first-order chi connectivity index (χ1) is 15.4. The summed E-state index contributed by atoms with van der Waals surface area (Å²) in [5.41, 5.74) is 1.42. The van der Waals surface area contributed by atoms with Crippen molar-refractivity contribution in [1.82, 2.24) is 4.90 Å². The monoisotopic (exact) mass is 438 g/mol. The lowest BCUT2D eigenvalue weighted by Gasteiger charge is -2.32. The highest BCUT2D eigenvalue weighted by Crippen LogP contribution is 2.37. The number of ether oxygens (including phenoxy) is 2. The number of anilines is 1. The number of nitrogens with zero attached hydrogens (tertiary/aromatic N) is 1. The van der Waals surface area contributed by atoms with Crippen molar-refractivity contribution in [1.29, 1.82) is 0 Å². The normalized spacial score (nSPS) is 15.5. The number of hydrogen-bond donors (Lipinski definition) is 2. The molecule has 0 unspecified atom stereocenters. The predicted octanol–water partition coefficient (Wildman–Crippen LogP) is 3.13. The van der Waals surface area contributed by atoms with Gasteiger partial charge >= 0.3 is 0 Å². The molecule has 1 saturated heterocycles. The molecule has 0 spiro atoms. The molecule has 8 nitrogen and oxygen atoms in total. The Kier molecular flexibility index (Phi) is 6.30. The summed E-state index contributed by atoms with van der Waals surface area (Å²) in [6, 6.07) is 10.1. The molecular formula is C24H26N2O6. The van der Waals surface area contributed by atoms with Crippen LogP contribution in [0, 0.1) is 5.92 Å². The van der Waals surface area contributed by atoms with E-state index >= 15 is 0 Å². The zero-order chi connectivity index (χ0) is 22.7. The lowest BCUT2D eigenvalue weighted by atomic mass is 9.92. The molecule has 2 N–H and O–H groups in total. The van der Waals surface area contributed by atoms with E-state index in [-0.39, 0.29) is 42.5 Å². The average Bonchev–Trinajstić information content (AvgIpc) is 3.22. The number of carbonyl (C=O) groups is 3. The number of fused-ring (bicyclic) bond motifs is 1. The van der Waals surface area contributed by atoms with Gasteiger partial charge in [-0.2, -0.15) is 0 Å². The van der Waals surface area contributed by atoms with E-state index in [1.165, 1.54) is 6.92 Å². The molecule has 0 atom stereocenters. The maximum Gasteiger partial charge on any atom is 0.231 e. The van der Waals surface area contributed by atoms with Gasteiger partial charge in [0.15, 0.2) is 17.3 Å². The second kappa shape index (κ2) is 9.30. The SMILES string of the molecule is CC(=O)c1cc2c(cc1NC(=O)CC1CCN(C(=O)Cc3ccccc3O)CC1)OCO2. The Morgan fingerprint density at radius 2 is 1.78 bits per heavy atom. The van der Waals surface area contributed by atoms with Crippen LogP contribution in [0.1, 0.15) is 42.1 Å². The number of nitrogens with one attached hydrogen (secondary N) is 1. The minimum Gasteiger partial charge on any atom is -0.508 e. The van der Waals surface area contributed by atoms with Crippen LogP contribution in [0.15, 0.2) is 36.4 Å². The van der Waals surface area contributed by atoms with Crippen LogP contribution in [0.3, 0.4) is 0 Å². The van der Waals surface area contributed by atoms with Gasteiger partial charge < -0.3 is 24.8 Å². The van der Waals surface area contributed by atoms with E-state index in [1.807, 2.05) is 0 Å². The Balaban J connectivity index is 1.30. The number of phenols is 1. The number of phenolic OH excluding ortho intramolecular Hbond substituents is 1. The van der Waals surface area contributed by atoms with E-state index in [4.69, 9.17) is 9.47 Å². The fraction of sp³-hybridized carbons (Fsp3) is 0.375. The van der Waals surface area contributed by atoms with Gasteiger partial charge in [0.05, 0.1) is 12.1 Å². The Morgan fingerprint density at radius 1 is 1.09 bits per heavy atom. The summed E-state index contributed by atoms with van der Waals surface area (Å²) in [6.45, 7) is 2.68. The van der Waals surface area contributed by atoms with Crippen molar-refractivity contribution in [3.05, 3.63) is 47.5 Å². The number of hydrogen-bond acceptors (Lipinski definition) is 6. The highest BCUT2D eigenvalue weighted by Gasteiger charge is 2.26. The Labute approximate surface area is 186 Å². The topological polar surface area (TPSA) is 105 Å². The molecule has 0 radical (unpaired) electrons. The summed E-state index contributed by atoms with van der Waals surface area (Å²) < 4.78 is 10.7.